The van der Waals surface area contributed by atoms with Gasteiger partial charge in [-0.05, 0) is 71.4 Å². The van der Waals surface area contributed by atoms with Gasteiger partial charge in [-0.2, -0.15) is 0 Å². The fourth-order valence-corrected chi connectivity index (χ4v) is 2.59. The average molecular weight is 240 g/mol. The van der Waals surface area contributed by atoms with E-state index in [-0.39, 0.29) is 0 Å². The molecule has 2 nitrogen and oxygen atoms in total. The Labute approximate surface area is 108 Å². The minimum atomic E-state index is 0.961. The maximum atomic E-state index is 2.65. The molecule has 1 saturated heterocycles. The minimum absolute atomic E-state index is 0.961. The van der Waals surface area contributed by atoms with Gasteiger partial charge in [0.2, 0.25) is 0 Å². The van der Waals surface area contributed by atoms with Crippen molar-refractivity contribution in [2.45, 2.75) is 52.4 Å². The summed E-state index contributed by atoms with van der Waals surface area (Å²) < 4.78 is 0. The van der Waals surface area contributed by atoms with Crippen LogP contribution in [0.5, 0.6) is 0 Å². The second-order valence-corrected chi connectivity index (χ2v) is 5.89. The average Bonchev–Trinajstić information content (AvgIpc) is 2.32. The molecule has 0 aromatic rings. The molecule has 0 saturated carbocycles. The van der Waals surface area contributed by atoms with Crippen molar-refractivity contribution in [3.05, 3.63) is 0 Å². The van der Waals surface area contributed by atoms with Gasteiger partial charge in [0.25, 0.3) is 0 Å². The Kier molecular flexibility index (Phi) is 7.87. The van der Waals surface area contributed by atoms with Gasteiger partial charge in [0.05, 0.1) is 0 Å². The van der Waals surface area contributed by atoms with Crippen LogP contribution < -0.4 is 0 Å². The number of unbranched alkanes of at least 4 members (excludes halogenated alkanes) is 2. The molecule has 1 heterocycles. The highest BCUT2D eigenvalue weighted by molar-refractivity contribution is 4.69. The van der Waals surface area contributed by atoms with E-state index in [0.717, 1.165) is 5.92 Å². The fourth-order valence-electron chi connectivity index (χ4n) is 2.59. The van der Waals surface area contributed by atoms with Crippen LogP contribution in [0.1, 0.15) is 52.4 Å². The zero-order valence-electron chi connectivity index (χ0n) is 12.2. The van der Waals surface area contributed by atoms with Gasteiger partial charge < -0.3 is 9.80 Å². The quantitative estimate of drug-likeness (QED) is 0.601. The van der Waals surface area contributed by atoms with E-state index >= 15 is 0 Å². The van der Waals surface area contributed by atoms with E-state index in [2.05, 4.69) is 30.7 Å². The van der Waals surface area contributed by atoms with Crippen LogP contribution in [0, 0.1) is 5.92 Å². The zero-order chi connectivity index (χ0) is 12.5. The smallest absolute Gasteiger partial charge is 0.000655 e. The summed E-state index contributed by atoms with van der Waals surface area (Å²) >= 11 is 0. The molecule has 0 unspecified atom stereocenters. The summed E-state index contributed by atoms with van der Waals surface area (Å²) in [4.78, 5) is 5.15. The summed E-state index contributed by atoms with van der Waals surface area (Å²) in [7, 11) is 2.27. The molecule has 1 fully saturated rings. The van der Waals surface area contributed by atoms with Crippen LogP contribution in [0.4, 0.5) is 0 Å². The van der Waals surface area contributed by atoms with Gasteiger partial charge in [-0.15, -0.1) is 0 Å². The Morgan fingerprint density at radius 1 is 1.06 bits per heavy atom. The summed E-state index contributed by atoms with van der Waals surface area (Å²) in [6.07, 6.45) is 8.25. The van der Waals surface area contributed by atoms with E-state index in [9.17, 15) is 0 Å². The molecule has 0 aromatic heterocycles. The first kappa shape index (κ1) is 15.0. The molecule has 1 aliphatic heterocycles. The summed E-state index contributed by atoms with van der Waals surface area (Å²) in [6.45, 7) is 11.2. The monoisotopic (exact) mass is 240 g/mol. The Bertz CT molecular complexity index is 174. The first-order chi connectivity index (χ1) is 8.22. The molecular weight excluding hydrogens is 208 g/mol. The van der Waals surface area contributed by atoms with Crippen molar-refractivity contribution < 1.29 is 0 Å². The predicted molar refractivity (Wildman–Crippen MR) is 76.5 cm³/mol. The molecule has 0 aromatic carbocycles. The lowest BCUT2D eigenvalue weighted by Gasteiger charge is -2.30. The second-order valence-electron chi connectivity index (χ2n) is 5.89. The van der Waals surface area contributed by atoms with Gasteiger partial charge in [-0.1, -0.05) is 26.7 Å². The summed E-state index contributed by atoms with van der Waals surface area (Å²) in [5.41, 5.74) is 0. The lowest BCUT2D eigenvalue weighted by atomic mass is 9.99. The Morgan fingerprint density at radius 3 is 2.35 bits per heavy atom. The van der Waals surface area contributed by atoms with E-state index in [0.29, 0.717) is 0 Å². The molecular formula is C15H32N2. The van der Waals surface area contributed by atoms with Crippen molar-refractivity contribution in [3.8, 4) is 0 Å². The second kappa shape index (κ2) is 8.93. The van der Waals surface area contributed by atoms with E-state index in [1.807, 2.05) is 0 Å². The lowest BCUT2D eigenvalue weighted by Crippen LogP contribution is -2.35. The van der Waals surface area contributed by atoms with Crippen LogP contribution in [0.3, 0.4) is 0 Å². The van der Waals surface area contributed by atoms with Crippen molar-refractivity contribution in [3.63, 3.8) is 0 Å². The number of hydrogen-bond donors (Lipinski definition) is 0. The minimum Gasteiger partial charge on any atom is -0.306 e. The molecule has 17 heavy (non-hydrogen) atoms. The molecule has 1 rings (SSSR count). The van der Waals surface area contributed by atoms with E-state index in [4.69, 9.17) is 0 Å². The first-order valence-electron chi connectivity index (χ1n) is 7.63. The van der Waals surface area contributed by atoms with Gasteiger partial charge in [-0.25, -0.2) is 0 Å². The number of piperidine rings is 1. The normalized spacial score (nSPS) is 19.1. The van der Waals surface area contributed by atoms with Crippen molar-refractivity contribution in [2.24, 2.45) is 5.92 Å². The predicted octanol–water partition coefficient (Wildman–Crippen LogP) is 3.23. The molecule has 0 atom stereocenters. The van der Waals surface area contributed by atoms with Crippen LogP contribution in [-0.2, 0) is 0 Å². The third kappa shape index (κ3) is 7.05. The largest absolute Gasteiger partial charge is 0.306 e. The summed E-state index contributed by atoms with van der Waals surface area (Å²) in [5, 5.41) is 0. The van der Waals surface area contributed by atoms with Gasteiger partial charge in [0.1, 0.15) is 0 Å². The number of likely N-dealkylation sites (tertiary alicyclic amines) is 1. The van der Waals surface area contributed by atoms with Crippen LogP contribution in [0.15, 0.2) is 0 Å². The molecule has 0 amide bonds. The molecule has 102 valence electrons. The Morgan fingerprint density at radius 2 is 1.71 bits per heavy atom. The topological polar surface area (TPSA) is 6.48 Å². The van der Waals surface area contributed by atoms with Crippen LogP contribution in [-0.4, -0.2) is 49.6 Å². The summed E-state index contributed by atoms with van der Waals surface area (Å²) in [6, 6.07) is 0. The zero-order valence-corrected chi connectivity index (χ0v) is 12.2. The SMILES string of the molecule is CCCCCN(C)CCCN1CCC(C)CC1. The third-order valence-electron chi connectivity index (χ3n) is 4.03. The van der Waals surface area contributed by atoms with Crippen molar-refractivity contribution in [1.29, 1.82) is 0 Å². The maximum Gasteiger partial charge on any atom is -0.000655 e. The molecule has 0 radical (unpaired) electrons. The van der Waals surface area contributed by atoms with Gasteiger partial charge in [0.15, 0.2) is 0 Å². The van der Waals surface area contributed by atoms with E-state index in [1.54, 1.807) is 0 Å². The highest BCUT2D eigenvalue weighted by atomic mass is 15.1. The van der Waals surface area contributed by atoms with Gasteiger partial charge in [0, 0.05) is 0 Å². The molecule has 0 bridgehead atoms. The number of hydrogen-bond acceptors (Lipinski definition) is 2. The highest BCUT2D eigenvalue weighted by Gasteiger charge is 2.14. The van der Waals surface area contributed by atoms with Crippen molar-refractivity contribution in [2.75, 3.05) is 39.8 Å². The molecule has 0 spiro atoms. The Balaban J connectivity index is 1.95. The highest BCUT2D eigenvalue weighted by Crippen LogP contribution is 2.15. The van der Waals surface area contributed by atoms with E-state index < -0.39 is 0 Å². The molecule has 0 aliphatic carbocycles. The standard InChI is InChI=1S/C15H32N2/c1-4-5-6-10-16(3)11-7-12-17-13-8-15(2)9-14-17/h15H,4-14H2,1-3H3. The van der Waals surface area contributed by atoms with Crippen LogP contribution in [0.25, 0.3) is 0 Å². The van der Waals surface area contributed by atoms with E-state index in [1.165, 1.54) is 71.2 Å². The fraction of sp³-hybridized carbons (Fsp3) is 1.00. The van der Waals surface area contributed by atoms with Crippen molar-refractivity contribution in [1.82, 2.24) is 9.80 Å². The molecule has 2 heteroatoms. The number of rotatable bonds is 8. The van der Waals surface area contributed by atoms with Crippen molar-refractivity contribution >= 4 is 0 Å². The molecule has 0 N–H and O–H groups in total. The maximum absolute atomic E-state index is 2.65. The van der Waals surface area contributed by atoms with Gasteiger partial charge >= 0.3 is 0 Å². The Hall–Kier alpha value is -0.0800. The molecule has 1 aliphatic rings. The lowest BCUT2D eigenvalue weighted by molar-refractivity contribution is 0.181. The number of nitrogens with zero attached hydrogens (tertiary/aromatic N) is 2. The third-order valence-corrected chi connectivity index (χ3v) is 4.03. The first-order valence-corrected chi connectivity index (χ1v) is 7.63. The summed E-state index contributed by atoms with van der Waals surface area (Å²) in [5.74, 6) is 0.961. The van der Waals surface area contributed by atoms with Crippen LogP contribution in [0.2, 0.25) is 0 Å². The van der Waals surface area contributed by atoms with Gasteiger partial charge in [-0.3, -0.25) is 0 Å². The van der Waals surface area contributed by atoms with Crippen LogP contribution >= 0.6 is 0 Å².